The van der Waals surface area contributed by atoms with Crippen molar-refractivity contribution in [2.45, 2.75) is 51.0 Å². The summed E-state index contributed by atoms with van der Waals surface area (Å²) in [6.45, 7) is 0. The minimum absolute atomic E-state index is 0.0965. The van der Waals surface area contributed by atoms with Gasteiger partial charge in [-0.2, -0.15) is 0 Å². The van der Waals surface area contributed by atoms with Gasteiger partial charge in [-0.25, -0.2) is 4.79 Å². The molecule has 2 rings (SSSR count). The number of benzene rings is 1. The van der Waals surface area contributed by atoms with E-state index in [0.717, 1.165) is 18.4 Å². The Morgan fingerprint density at radius 2 is 1.75 bits per heavy atom. The van der Waals surface area contributed by atoms with Gasteiger partial charge in [0, 0.05) is 12.5 Å². The summed E-state index contributed by atoms with van der Waals surface area (Å²) in [4.78, 5) is 22.6. The molecule has 108 valence electrons. The number of amides is 1. The molecular formula is C16H21NO3. The van der Waals surface area contributed by atoms with E-state index < -0.39 is 5.97 Å². The van der Waals surface area contributed by atoms with Crippen molar-refractivity contribution in [2.75, 3.05) is 0 Å². The van der Waals surface area contributed by atoms with E-state index >= 15 is 0 Å². The standard InChI is InChI=1S/C16H21NO3/c18-15(17-14-4-2-1-3-5-14)11-8-12-6-9-13(10-7-12)16(19)20/h6-7,9-10,14H,1-5,8,11H2,(H,17,18)(H,19,20). The highest BCUT2D eigenvalue weighted by molar-refractivity contribution is 5.87. The van der Waals surface area contributed by atoms with Gasteiger partial charge in [0.1, 0.15) is 0 Å². The Bertz CT molecular complexity index is 461. The fourth-order valence-electron chi connectivity index (χ4n) is 2.62. The Morgan fingerprint density at radius 1 is 1.10 bits per heavy atom. The van der Waals surface area contributed by atoms with Gasteiger partial charge in [-0.1, -0.05) is 31.4 Å². The number of carboxylic acid groups (broad SMARTS) is 1. The van der Waals surface area contributed by atoms with Gasteiger partial charge in [-0.05, 0) is 37.0 Å². The topological polar surface area (TPSA) is 66.4 Å². The summed E-state index contributed by atoms with van der Waals surface area (Å²) in [5.74, 6) is -0.828. The number of carbonyl (C=O) groups excluding carboxylic acids is 1. The van der Waals surface area contributed by atoms with E-state index in [1.807, 2.05) is 0 Å². The lowest BCUT2D eigenvalue weighted by Gasteiger charge is -2.22. The highest BCUT2D eigenvalue weighted by Crippen LogP contribution is 2.17. The van der Waals surface area contributed by atoms with E-state index in [9.17, 15) is 9.59 Å². The molecule has 1 aliphatic carbocycles. The van der Waals surface area contributed by atoms with Crippen LogP contribution >= 0.6 is 0 Å². The predicted molar refractivity (Wildman–Crippen MR) is 76.7 cm³/mol. The maximum atomic E-state index is 11.9. The Morgan fingerprint density at radius 3 is 2.35 bits per heavy atom. The molecule has 1 amide bonds. The molecule has 1 aromatic carbocycles. The molecule has 0 aromatic heterocycles. The van der Waals surface area contributed by atoms with Crippen molar-refractivity contribution in [2.24, 2.45) is 0 Å². The van der Waals surface area contributed by atoms with Crippen molar-refractivity contribution >= 4 is 11.9 Å². The first-order valence-corrected chi connectivity index (χ1v) is 7.27. The Labute approximate surface area is 119 Å². The lowest BCUT2D eigenvalue weighted by Crippen LogP contribution is -2.36. The zero-order valence-electron chi connectivity index (χ0n) is 11.6. The molecule has 0 aliphatic heterocycles. The van der Waals surface area contributed by atoms with Crippen molar-refractivity contribution in [3.63, 3.8) is 0 Å². The largest absolute Gasteiger partial charge is 0.478 e. The maximum Gasteiger partial charge on any atom is 0.335 e. The molecule has 1 aliphatic rings. The van der Waals surface area contributed by atoms with E-state index in [1.165, 1.54) is 19.3 Å². The first-order chi connectivity index (χ1) is 9.65. The number of carboxylic acids is 1. The summed E-state index contributed by atoms with van der Waals surface area (Å²) >= 11 is 0. The second-order valence-corrected chi connectivity index (χ2v) is 5.40. The summed E-state index contributed by atoms with van der Waals surface area (Å²) in [6, 6.07) is 7.06. The molecule has 0 spiro atoms. The third-order valence-electron chi connectivity index (χ3n) is 3.81. The van der Waals surface area contributed by atoms with Crippen LogP contribution in [-0.2, 0) is 11.2 Å². The van der Waals surface area contributed by atoms with Gasteiger partial charge in [0.2, 0.25) is 5.91 Å². The fraction of sp³-hybridized carbons (Fsp3) is 0.500. The predicted octanol–water partition coefficient (Wildman–Crippen LogP) is 2.77. The molecule has 4 heteroatoms. The molecule has 1 saturated carbocycles. The Kier molecular flexibility index (Phi) is 5.16. The van der Waals surface area contributed by atoms with Crippen LogP contribution in [0.25, 0.3) is 0 Å². The van der Waals surface area contributed by atoms with E-state index in [-0.39, 0.29) is 11.5 Å². The molecule has 0 bridgehead atoms. The van der Waals surface area contributed by atoms with Gasteiger partial charge < -0.3 is 10.4 Å². The number of aryl methyl sites for hydroxylation is 1. The molecule has 0 heterocycles. The maximum absolute atomic E-state index is 11.9. The van der Waals surface area contributed by atoms with Crippen LogP contribution in [0.3, 0.4) is 0 Å². The van der Waals surface area contributed by atoms with Gasteiger partial charge in [0.25, 0.3) is 0 Å². The normalized spacial score (nSPS) is 15.8. The number of nitrogens with one attached hydrogen (secondary N) is 1. The quantitative estimate of drug-likeness (QED) is 0.868. The minimum atomic E-state index is -0.924. The molecule has 1 aromatic rings. The first kappa shape index (κ1) is 14.6. The van der Waals surface area contributed by atoms with Crippen LogP contribution in [0.15, 0.2) is 24.3 Å². The zero-order chi connectivity index (χ0) is 14.4. The molecule has 0 radical (unpaired) electrons. The summed E-state index contributed by atoms with van der Waals surface area (Å²) in [5, 5.41) is 11.9. The van der Waals surface area contributed by atoms with Crippen molar-refractivity contribution in [1.29, 1.82) is 0 Å². The van der Waals surface area contributed by atoms with Crippen molar-refractivity contribution in [1.82, 2.24) is 5.32 Å². The molecule has 0 unspecified atom stereocenters. The molecular weight excluding hydrogens is 254 g/mol. The van der Waals surface area contributed by atoms with E-state index in [0.29, 0.717) is 18.9 Å². The molecule has 20 heavy (non-hydrogen) atoms. The van der Waals surface area contributed by atoms with Crippen LogP contribution in [0, 0.1) is 0 Å². The average Bonchev–Trinajstić information content (AvgIpc) is 2.46. The number of aromatic carboxylic acids is 1. The minimum Gasteiger partial charge on any atom is -0.478 e. The van der Waals surface area contributed by atoms with Crippen molar-refractivity contribution < 1.29 is 14.7 Å². The molecule has 0 saturated heterocycles. The fourth-order valence-corrected chi connectivity index (χ4v) is 2.62. The number of rotatable bonds is 5. The van der Waals surface area contributed by atoms with Crippen LogP contribution in [0.5, 0.6) is 0 Å². The second-order valence-electron chi connectivity index (χ2n) is 5.40. The Hall–Kier alpha value is -1.84. The second kappa shape index (κ2) is 7.08. The van der Waals surface area contributed by atoms with E-state index in [2.05, 4.69) is 5.32 Å². The summed E-state index contributed by atoms with van der Waals surface area (Å²) in [6.07, 6.45) is 7.00. The Balaban J connectivity index is 1.76. The smallest absolute Gasteiger partial charge is 0.335 e. The van der Waals surface area contributed by atoms with Crippen LogP contribution in [0.4, 0.5) is 0 Å². The summed E-state index contributed by atoms with van der Waals surface area (Å²) in [7, 11) is 0. The molecule has 2 N–H and O–H groups in total. The van der Waals surface area contributed by atoms with Crippen LogP contribution in [0.1, 0.15) is 54.4 Å². The number of hydrogen-bond acceptors (Lipinski definition) is 2. The lowest BCUT2D eigenvalue weighted by molar-refractivity contribution is -0.121. The summed E-state index contributed by atoms with van der Waals surface area (Å²) in [5.41, 5.74) is 1.27. The third-order valence-corrected chi connectivity index (χ3v) is 3.81. The molecule has 4 nitrogen and oxygen atoms in total. The van der Waals surface area contributed by atoms with Crippen LogP contribution in [0.2, 0.25) is 0 Å². The van der Waals surface area contributed by atoms with E-state index in [4.69, 9.17) is 5.11 Å². The number of carbonyl (C=O) groups is 2. The third kappa shape index (κ3) is 4.37. The average molecular weight is 275 g/mol. The highest BCUT2D eigenvalue weighted by atomic mass is 16.4. The van der Waals surface area contributed by atoms with Gasteiger partial charge in [0.15, 0.2) is 0 Å². The molecule has 0 atom stereocenters. The lowest BCUT2D eigenvalue weighted by atomic mass is 9.95. The first-order valence-electron chi connectivity index (χ1n) is 7.27. The number of hydrogen-bond donors (Lipinski definition) is 2. The van der Waals surface area contributed by atoms with Gasteiger partial charge in [-0.3, -0.25) is 4.79 Å². The highest BCUT2D eigenvalue weighted by Gasteiger charge is 2.15. The van der Waals surface area contributed by atoms with Gasteiger partial charge in [-0.15, -0.1) is 0 Å². The van der Waals surface area contributed by atoms with Crippen molar-refractivity contribution in [3.8, 4) is 0 Å². The van der Waals surface area contributed by atoms with Gasteiger partial charge >= 0.3 is 5.97 Å². The van der Waals surface area contributed by atoms with Crippen LogP contribution < -0.4 is 5.32 Å². The van der Waals surface area contributed by atoms with Gasteiger partial charge in [0.05, 0.1) is 5.56 Å². The molecule has 1 fully saturated rings. The summed E-state index contributed by atoms with van der Waals surface area (Å²) < 4.78 is 0. The van der Waals surface area contributed by atoms with Crippen LogP contribution in [-0.4, -0.2) is 23.0 Å². The van der Waals surface area contributed by atoms with E-state index in [1.54, 1.807) is 24.3 Å². The monoisotopic (exact) mass is 275 g/mol. The van der Waals surface area contributed by atoms with Crippen molar-refractivity contribution in [3.05, 3.63) is 35.4 Å². The SMILES string of the molecule is O=C(CCc1ccc(C(=O)O)cc1)NC1CCCCC1. The zero-order valence-corrected chi connectivity index (χ0v) is 11.6.